The van der Waals surface area contributed by atoms with Gasteiger partial charge in [-0.2, -0.15) is 13.2 Å². The first-order valence-corrected chi connectivity index (χ1v) is 10.1. The highest BCUT2D eigenvalue weighted by Crippen LogP contribution is 2.28. The second-order valence-electron chi connectivity index (χ2n) is 6.67. The van der Waals surface area contributed by atoms with Crippen LogP contribution in [0.4, 0.5) is 13.2 Å². The number of esters is 1. The lowest BCUT2D eigenvalue weighted by atomic mass is 10.1. The molecule has 2 amide bonds. The van der Waals surface area contributed by atoms with Crippen molar-refractivity contribution in [2.75, 3.05) is 13.7 Å². The van der Waals surface area contributed by atoms with Crippen LogP contribution in [-0.4, -0.2) is 48.6 Å². The van der Waals surface area contributed by atoms with Gasteiger partial charge in [0.05, 0.1) is 30.3 Å². The molecule has 11 heteroatoms. The molecular weight excluding hydrogens is 447 g/mol. The number of aromatic nitrogens is 1. The van der Waals surface area contributed by atoms with Gasteiger partial charge in [0.15, 0.2) is 0 Å². The summed E-state index contributed by atoms with van der Waals surface area (Å²) in [5.74, 6) is -3.42. The number of amides is 2. The zero-order valence-electron chi connectivity index (χ0n) is 16.7. The average molecular weight is 465 g/mol. The fourth-order valence-electron chi connectivity index (χ4n) is 2.84. The van der Waals surface area contributed by atoms with Crippen LogP contribution in [0.25, 0.3) is 21.3 Å². The molecule has 0 saturated carbocycles. The van der Waals surface area contributed by atoms with Crippen LogP contribution in [0.1, 0.15) is 5.01 Å². The summed E-state index contributed by atoms with van der Waals surface area (Å²) in [7, 11) is 0.774. The highest BCUT2D eigenvalue weighted by molar-refractivity contribution is 7.18. The Morgan fingerprint density at radius 2 is 1.78 bits per heavy atom. The molecule has 0 radical (unpaired) electrons. The number of methoxy groups -OCH3 is 1. The van der Waals surface area contributed by atoms with Crippen molar-refractivity contribution in [1.29, 1.82) is 0 Å². The summed E-state index contributed by atoms with van der Waals surface area (Å²) >= 11 is 1.31. The molecule has 1 heterocycles. The fraction of sp³-hybridized carbons (Fsp3) is 0.238. The van der Waals surface area contributed by atoms with Crippen LogP contribution in [0.5, 0.6) is 0 Å². The van der Waals surface area contributed by atoms with E-state index in [-0.39, 0.29) is 6.42 Å². The van der Waals surface area contributed by atoms with E-state index in [2.05, 4.69) is 15.0 Å². The molecule has 0 aliphatic heterocycles. The minimum Gasteiger partial charge on any atom is -0.467 e. The molecule has 2 aromatic carbocycles. The zero-order valence-corrected chi connectivity index (χ0v) is 17.5. The third-order valence-corrected chi connectivity index (χ3v) is 5.39. The number of rotatable bonds is 7. The van der Waals surface area contributed by atoms with Crippen molar-refractivity contribution >= 4 is 39.3 Å². The van der Waals surface area contributed by atoms with Crippen LogP contribution >= 0.6 is 11.3 Å². The van der Waals surface area contributed by atoms with Crippen LogP contribution in [0.15, 0.2) is 48.5 Å². The Labute approximate surface area is 184 Å². The van der Waals surface area contributed by atoms with Crippen molar-refractivity contribution in [3.05, 3.63) is 53.5 Å². The highest BCUT2D eigenvalue weighted by atomic mass is 32.1. The lowest BCUT2D eigenvalue weighted by Gasteiger charge is -2.19. The van der Waals surface area contributed by atoms with Gasteiger partial charge in [0.2, 0.25) is 17.9 Å². The molecule has 168 valence electrons. The van der Waals surface area contributed by atoms with Crippen molar-refractivity contribution in [3.8, 4) is 11.1 Å². The van der Waals surface area contributed by atoms with E-state index in [0.717, 1.165) is 22.9 Å². The van der Waals surface area contributed by atoms with E-state index in [9.17, 15) is 27.6 Å². The lowest BCUT2D eigenvalue weighted by molar-refractivity contribution is -0.184. The third kappa shape index (κ3) is 5.82. The fourth-order valence-corrected chi connectivity index (χ4v) is 3.85. The second-order valence-corrected chi connectivity index (χ2v) is 7.79. The largest absolute Gasteiger partial charge is 0.467 e. The number of alkyl halides is 3. The van der Waals surface area contributed by atoms with Gasteiger partial charge in [-0.15, -0.1) is 11.3 Å². The number of hydrogen-bond donors (Lipinski definition) is 2. The van der Waals surface area contributed by atoms with Crippen molar-refractivity contribution in [3.63, 3.8) is 0 Å². The highest BCUT2D eigenvalue weighted by Gasteiger charge is 2.46. The number of carbonyl (C=O) groups is 3. The summed E-state index contributed by atoms with van der Waals surface area (Å²) in [6, 6.07) is 12.7. The van der Waals surface area contributed by atoms with Crippen molar-refractivity contribution in [1.82, 2.24) is 15.6 Å². The Kier molecular flexibility index (Phi) is 7.08. The van der Waals surface area contributed by atoms with E-state index in [1.54, 1.807) is 0 Å². The van der Waals surface area contributed by atoms with Gasteiger partial charge in [-0.25, -0.2) is 9.78 Å². The van der Waals surface area contributed by atoms with Gasteiger partial charge < -0.3 is 15.4 Å². The Bertz CT molecular complexity index is 1130. The molecule has 0 aliphatic rings. The van der Waals surface area contributed by atoms with Crippen molar-refractivity contribution < 1.29 is 32.3 Å². The average Bonchev–Trinajstić information content (AvgIpc) is 3.16. The standard InChI is InChI=1S/C21H18F3N3O4S/c1-31-20(30)19(21(22,23)24)27-17(29)11-25-16(28)10-18-26-14-8-7-13(9-15(14)32-18)12-5-3-2-4-6-12/h2-9,19H,10-11H2,1H3,(H,25,28)(H,27,29). The number of nitrogens with zero attached hydrogens (tertiary/aromatic N) is 1. The predicted octanol–water partition coefficient (Wildman–Crippen LogP) is 2.84. The zero-order chi connectivity index (χ0) is 23.3. The van der Waals surface area contributed by atoms with E-state index in [1.165, 1.54) is 16.7 Å². The van der Waals surface area contributed by atoms with Gasteiger partial charge in [-0.3, -0.25) is 9.59 Å². The van der Waals surface area contributed by atoms with Crippen LogP contribution in [-0.2, 0) is 25.5 Å². The monoisotopic (exact) mass is 465 g/mol. The quantitative estimate of drug-likeness (QED) is 0.523. The number of carbonyl (C=O) groups excluding carboxylic acids is 3. The first-order valence-electron chi connectivity index (χ1n) is 9.33. The second kappa shape index (κ2) is 9.77. The molecule has 0 aliphatic carbocycles. The van der Waals surface area contributed by atoms with E-state index < -0.39 is 36.5 Å². The maximum atomic E-state index is 12.8. The Morgan fingerprint density at radius 3 is 2.44 bits per heavy atom. The van der Waals surface area contributed by atoms with Gasteiger partial charge in [-0.1, -0.05) is 36.4 Å². The summed E-state index contributed by atoms with van der Waals surface area (Å²) in [5, 5.41) is 4.22. The summed E-state index contributed by atoms with van der Waals surface area (Å²) in [6.07, 6.45) is -5.17. The topological polar surface area (TPSA) is 97.4 Å². The smallest absolute Gasteiger partial charge is 0.419 e. The molecule has 0 saturated heterocycles. The van der Waals surface area contributed by atoms with Gasteiger partial charge in [0, 0.05) is 0 Å². The molecule has 0 bridgehead atoms. The number of thiazole rings is 1. The normalized spacial score (nSPS) is 12.2. The summed E-state index contributed by atoms with van der Waals surface area (Å²) < 4.78 is 43.4. The molecule has 1 atom stereocenters. The summed E-state index contributed by atoms with van der Waals surface area (Å²) in [6.45, 7) is -0.731. The Morgan fingerprint density at radius 1 is 1.06 bits per heavy atom. The minimum atomic E-state index is -5.02. The van der Waals surface area contributed by atoms with Gasteiger partial charge in [0.1, 0.15) is 5.01 Å². The molecule has 2 N–H and O–H groups in total. The number of fused-ring (bicyclic) bond motifs is 1. The number of ether oxygens (including phenoxy) is 1. The number of halogens is 3. The molecule has 1 unspecified atom stereocenters. The van der Waals surface area contributed by atoms with E-state index in [0.29, 0.717) is 10.5 Å². The van der Waals surface area contributed by atoms with Gasteiger partial charge >= 0.3 is 12.1 Å². The van der Waals surface area contributed by atoms with Crippen LogP contribution in [0, 0.1) is 0 Å². The van der Waals surface area contributed by atoms with Gasteiger partial charge in [-0.05, 0) is 23.3 Å². The van der Waals surface area contributed by atoms with Crippen molar-refractivity contribution in [2.45, 2.75) is 18.6 Å². The first kappa shape index (κ1) is 23.2. The minimum absolute atomic E-state index is 0.146. The molecule has 32 heavy (non-hydrogen) atoms. The SMILES string of the molecule is COC(=O)C(NC(=O)CNC(=O)Cc1nc2ccc(-c3ccccc3)cc2s1)C(F)(F)F. The molecular formula is C21H18F3N3O4S. The van der Waals surface area contributed by atoms with Crippen molar-refractivity contribution in [2.24, 2.45) is 0 Å². The number of benzene rings is 2. The van der Waals surface area contributed by atoms with Crippen LogP contribution in [0.3, 0.4) is 0 Å². The molecule has 0 spiro atoms. The molecule has 3 rings (SSSR count). The van der Waals surface area contributed by atoms with E-state index >= 15 is 0 Å². The molecule has 3 aromatic rings. The van der Waals surface area contributed by atoms with Gasteiger partial charge in [0.25, 0.3) is 0 Å². The summed E-state index contributed by atoms with van der Waals surface area (Å²) in [4.78, 5) is 39.5. The first-order chi connectivity index (χ1) is 15.2. The van der Waals surface area contributed by atoms with Crippen LogP contribution in [0.2, 0.25) is 0 Å². The predicted molar refractivity (Wildman–Crippen MR) is 112 cm³/mol. The molecule has 7 nitrogen and oxygen atoms in total. The number of hydrogen-bond acceptors (Lipinski definition) is 6. The maximum Gasteiger partial charge on any atom is 0.419 e. The molecule has 1 aromatic heterocycles. The number of nitrogens with one attached hydrogen (secondary N) is 2. The Hall–Kier alpha value is -3.47. The third-order valence-electron chi connectivity index (χ3n) is 4.37. The Balaban J connectivity index is 1.58. The van der Waals surface area contributed by atoms with Crippen LogP contribution < -0.4 is 10.6 Å². The van der Waals surface area contributed by atoms with E-state index in [4.69, 9.17) is 0 Å². The molecule has 0 fully saturated rings. The van der Waals surface area contributed by atoms with E-state index in [1.807, 2.05) is 48.5 Å². The maximum absolute atomic E-state index is 12.8. The lowest BCUT2D eigenvalue weighted by Crippen LogP contribution is -2.53. The summed E-state index contributed by atoms with van der Waals surface area (Å²) in [5.41, 5.74) is 2.75.